The maximum Gasteiger partial charge on any atom is 0.0115 e. The Hall–Kier alpha value is 1.57. The van der Waals surface area contributed by atoms with Crippen LogP contribution in [-0.4, -0.2) is 0 Å². The van der Waals surface area contributed by atoms with Gasteiger partial charge in [-0.15, -0.1) is 0 Å². The lowest BCUT2D eigenvalue weighted by Gasteiger charge is -1.89. The van der Waals surface area contributed by atoms with Gasteiger partial charge in [0.1, 0.15) is 0 Å². The van der Waals surface area contributed by atoms with Crippen LogP contribution in [0.4, 0.5) is 0 Å². The molecule has 0 heterocycles. The van der Waals surface area contributed by atoms with Crippen LogP contribution in [0.15, 0.2) is 0 Å². The standard InChI is InChI=1S/H6N2P2S3/c5-3-1-7-2-4-6/h3-4H2,(H,1,5)(H,2,6). The summed E-state index contributed by atoms with van der Waals surface area (Å²) in [6.45, 7) is 0. The third-order valence-corrected chi connectivity index (χ3v) is 3.66. The van der Waals surface area contributed by atoms with Crippen molar-refractivity contribution in [2.45, 2.75) is 0 Å². The molecular formula is H6N2P2S3. The van der Waals surface area contributed by atoms with Gasteiger partial charge in [-0.1, -0.05) is 23.6 Å². The molecule has 7 heavy (non-hydrogen) atoms. The van der Waals surface area contributed by atoms with Crippen LogP contribution in [-0.2, 0) is 23.6 Å². The molecule has 0 bridgehead atoms. The molecule has 2 nitrogen and oxygen atoms in total. The summed E-state index contributed by atoms with van der Waals surface area (Å²) in [6.07, 6.45) is 0. The Morgan fingerprint density at radius 1 is 1.14 bits per heavy atom. The Kier molecular flexibility index (Phi) is 9.27. The van der Waals surface area contributed by atoms with E-state index < -0.39 is 0 Å². The predicted molar refractivity (Wildman–Crippen MR) is 48.0 cm³/mol. The molecule has 0 saturated carbocycles. The van der Waals surface area contributed by atoms with E-state index in [1.165, 1.54) is 12.1 Å². The highest BCUT2D eigenvalue weighted by Gasteiger charge is 1.69. The van der Waals surface area contributed by atoms with E-state index in [0.29, 0.717) is 0 Å². The summed E-state index contributed by atoms with van der Waals surface area (Å²) in [7, 11) is -0.0370. The fourth-order valence-corrected chi connectivity index (χ4v) is 2.22. The second kappa shape index (κ2) is 7.57. The zero-order valence-corrected chi connectivity index (χ0v) is 8.14. The molecule has 0 saturated heterocycles. The van der Waals surface area contributed by atoms with Gasteiger partial charge in [0.2, 0.25) is 0 Å². The van der Waals surface area contributed by atoms with Gasteiger partial charge >= 0.3 is 0 Å². The van der Waals surface area contributed by atoms with Crippen molar-refractivity contribution < 1.29 is 0 Å². The first kappa shape index (κ1) is 8.57. The van der Waals surface area contributed by atoms with Crippen LogP contribution in [0.3, 0.4) is 0 Å². The predicted octanol–water partition coefficient (Wildman–Crippen LogP) is 0.304. The van der Waals surface area contributed by atoms with Gasteiger partial charge in [-0.25, -0.2) is 8.99 Å². The zero-order chi connectivity index (χ0) is 5.54. The van der Waals surface area contributed by atoms with Gasteiger partial charge in [-0.3, -0.25) is 0 Å². The van der Waals surface area contributed by atoms with Crippen LogP contribution in [0.5, 0.6) is 0 Å². The van der Waals surface area contributed by atoms with Gasteiger partial charge in [0.25, 0.3) is 0 Å². The minimum absolute atomic E-state index is 0.0185. The lowest BCUT2D eigenvalue weighted by molar-refractivity contribution is 1.64. The Balaban J connectivity index is 2.68. The van der Waals surface area contributed by atoms with Gasteiger partial charge in [-0.05, 0) is 15.0 Å². The summed E-state index contributed by atoms with van der Waals surface area (Å²) in [5.74, 6) is 0. The fraction of sp³-hybridized carbons (Fsp3) is 0. The van der Waals surface area contributed by atoms with Crippen LogP contribution in [0.2, 0.25) is 0 Å². The smallest absolute Gasteiger partial charge is 0.0115 e. The van der Waals surface area contributed by atoms with Crippen molar-refractivity contribution in [3.63, 3.8) is 0 Å². The van der Waals surface area contributed by atoms with E-state index in [9.17, 15) is 0 Å². The average Bonchev–Trinajstić information content (AvgIpc) is 1.69. The maximum absolute atomic E-state index is 4.65. The summed E-state index contributed by atoms with van der Waals surface area (Å²) >= 11 is 10.7. The highest BCUT2D eigenvalue weighted by Crippen LogP contribution is 1.97. The molecule has 7 heteroatoms. The molecule has 0 rings (SSSR count). The largest absolute Gasteiger partial charge is 0.225 e. The summed E-state index contributed by atoms with van der Waals surface area (Å²) in [4.78, 5) is 0. The van der Waals surface area contributed by atoms with E-state index in [2.05, 4.69) is 32.6 Å². The van der Waals surface area contributed by atoms with Crippen LogP contribution >= 0.6 is 27.1 Å². The third-order valence-electron chi connectivity index (χ3n) is 0.214. The van der Waals surface area contributed by atoms with Crippen molar-refractivity contribution in [2.75, 3.05) is 0 Å². The van der Waals surface area contributed by atoms with Gasteiger partial charge in [-0.2, -0.15) is 0 Å². The number of hydrogen-bond donors (Lipinski definition) is 2. The summed E-state index contributed by atoms with van der Waals surface area (Å²) in [6, 6.07) is 0. The molecule has 0 aliphatic rings. The Bertz CT molecular complexity index is 56.0. The van der Waals surface area contributed by atoms with E-state index in [1.807, 2.05) is 0 Å². The number of nitrogens with one attached hydrogen (secondary N) is 2. The molecule has 0 aliphatic heterocycles. The van der Waals surface area contributed by atoms with E-state index in [4.69, 9.17) is 0 Å². The molecule has 44 valence electrons. The second-order valence-electron chi connectivity index (χ2n) is 0.573. The molecule has 0 amide bonds. The number of rotatable bonds is 4. The minimum Gasteiger partial charge on any atom is -0.225 e. The first-order chi connectivity index (χ1) is 3.41. The van der Waals surface area contributed by atoms with E-state index in [-0.39, 0.29) is 15.0 Å². The molecule has 2 N–H and O–H groups in total. The molecule has 0 aromatic rings. The first-order valence-electron chi connectivity index (χ1n) is 1.46. The Morgan fingerprint density at radius 3 is 1.86 bits per heavy atom. The van der Waals surface area contributed by atoms with Crippen LogP contribution in [0.1, 0.15) is 0 Å². The topological polar surface area (TPSA) is 24.1 Å². The van der Waals surface area contributed by atoms with Gasteiger partial charge < -0.3 is 0 Å². The summed E-state index contributed by atoms with van der Waals surface area (Å²) in [5.41, 5.74) is 0. The Morgan fingerprint density at radius 2 is 1.57 bits per heavy atom. The van der Waals surface area contributed by atoms with Crippen LogP contribution in [0, 0.1) is 0 Å². The highest BCUT2D eigenvalue weighted by molar-refractivity contribution is 8.10. The molecule has 0 aliphatic carbocycles. The summed E-state index contributed by atoms with van der Waals surface area (Å²) in [5, 5.41) is 0. The van der Waals surface area contributed by atoms with Crippen molar-refractivity contribution in [1.29, 1.82) is 0 Å². The first-order valence-corrected chi connectivity index (χ1v) is 7.20. The molecule has 2 atom stereocenters. The second-order valence-corrected chi connectivity index (χ2v) is 4.55. The zero-order valence-electron chi connectivity index (χ0n) is 3.38. The average molecular weight is 192 g/mol. The van der Waals surface area contributed by atoms with Crippen LogP contribution < -0.4 is 8.99 Å². The molecule has 0 radical (unpaired) electrons. The number of hydrogen-bond acceptors (Lipinski definition) is 3. The molecule has 0 spiro atoms. The van der Waals surface area contributed by atoms with E-state index in [0.717, 1.165) is 0 Å². The van der Waals surface area contributed by atoms with Crippen molar-refractivity contribution in [2.24, 2.45) is 0 Å². The Labute approximate surface area is 59.9 Å². The normalized spacial score (nSPS) is 12.6. The third kappa shape index (κ3) is 7.57. The van der Waals surface area contributed by atoms with E-state index in [1.54, 1.807) is 0 Å². The van der Waals surface area contributed by atoms with Gasteiger partial charge in [0, 0.05) is 12.1 Å². The van der Waals surface area contributed by atoms with Crippen LogP contribution in [0.25, 0.3) is 0 Å². The fourth-order valence-electron chi connectivity index (χ4n) is 0.0821. The highest BCUT2D eigenvalue weighted by atomic mass is 32.4. The van der Waals surface area contributed by atoms with E-state index >= 15 is 0 Å². The van der Waals surface area contributed by atoms with Crippen molar-refractivity contribution >= 4 is 50.8 Å². The van der Waals surface area contributed by atoms with Crippen molar-refractivity contribution in [3.05, 3.63) is 0 Å². The van der Waals surface area contributed by atoms with Gasteiger partial charge in [0.15, 0.2) is 0 Å². The van der Waals surface area contributed by atoms with Gasteiger partial charge in [0.05, 0.1) is 0 Å². The lowest BCUT2D eigenvalue weighted by atomic mass is 13.8. The maximum atomic E-state index is 4.65. The quantitative estimate of drug-likeness (QED) is 0.379. The lowest BCUT2D eigenvalue weighted by Crippen LogP contribution is -1.90. The minimum atomic E-state index is -0.0185. The molecule has 2 unspecified atom stereocenters. The summed E-state index contributed by atoms with van der Waals surface area (Å²) < 4.78 is 5.81. The molecule has 0 fully saturated rings. The monoisotopic (exact) mass is 192 g/mol. The van der Waals surface area contributed by atoms with Crippen molar-refractivity contribution in [1.82, 2.24) is 8.99 Å². The SMILES string of the molecule is S=[PH2]NSN[PH2]=S. The molecular weight excluding hydrogens is 186 g/mol. The molecule has 0 aromatic heterocycles. The molecule has 0 aromatic carbocycles. The van der Waals surface area contributed by atoms with Crippen molar-refractivity contribution in [3.8, 4) is 0 Å².